The normalized spacial score (nSPS) is 11.1. The lowest BCUT2D eigenvalue weighted by atomic mass is 9.61. The summed E-state index contributed by atoms with van der Waals surface area (Å²) in [5.74, 6) is 0. The highest BCUT2D eigenvalue weighted by atomic mass is 14.9. The Morgan fingerprint density at radius 2 is 1.03 bits per heavy atom. The molecule has 0 amide bonds. The Morgan fingerprint density at radius 3 is 1.69 bits per heavy atom. The second-order valence-electron chi connectivity index (χ2n) is 7.84. The summed E-state index contributed by atoms with van der Waals surface area (Å²) in [5.41, 5.74) is 4.73. The van der Waals surface area contributed by atoms with Gasteiger partial charge < -0.3 is 5.32 Å². The standard InChI is InChI=1S/C26H14B5N/c27-21-22(28)24(30)26(25(31)23(21)29)32-16-11-9-14(10-12-16)20-13-15-5-1-2-6-17(15)18-7-3-4-8-19(18)20/h1-13,32H. The van der Waals surface area contributed by atoms with Crippen LogP contribution in [0.25, 0.3) is 32.7 Å². The molecule has 0 heterocycles. The van der Waals surface area contributed by atoms with E-state index in [-0.39, 0.29) is 27.3 Å². The number of nitrogens with one attached hydrogen (secondary N) is 1. The van der Waals surface area contributed by atoms with Gasteiger partial charge in [0.2, 0.25) is 0 Å². The first-order valence-corrected chi connectivity index (χ1v) is 10.2. The van der Waals surface area contributed by atoms with Crippen LogP contribution in [-0.2, 0) is 0 Å². The fourth-order valence-corrected chi connectivity index (χ4v) is 4.15. The molecule has 5 aromatic carbocycles. The number of hydrogen-bond acceptors (Lipinski definition) is 1. The zero-order valence-electron chi connectivity index (χ0n) is 17.4. The van der Waals surface area contributed by atoms with Crippen LogP contribution in [0.4, 0.5) is 11.4 Å². The Hall–Kier alpha value is -3.26. The quantitative estimate of drug-likeness (QED) is 0.360. The minimum absolute atomic E-state index is 0.198. The molecule has 0 saturated heterocycles. The van der Waals surface area contributed by atoms with Crippen molar-refractivity contribution in [1.29, 1.82) is 0 Å². The molecule has 0 aliphatic heterocycles. The molecular formula is C26H14B5N. The third kappa shape index (κ3) is 3.35. The van der Waals surface area contributed by atoms with Crippen molar-refractivity contribution in [1.82, 2.24) is 0 Å². The maximum Gasteiger partial charge on any atom is 0.115 e. The van der Waals surface area contributed by atoms with Gasteiger partial charge in [0, 0.05) is 11.4 Å². The zero-order chi connectivity index (χ0) is 22.4. The monoisotopic (exact) mass is 395 g/mol. The van der Waals surface area contributed by atoms with Gasteiger partial charge in [-0.25, -0.2) is 0 Å². The number of rotatable bonds is 3. The van der Waals surface area contributed by atoms with E-state index in [2.05, 4.69) is 72.0 Å². The van der Waals surface area contributed by atoms with E-state index in [1.165, 1.54) is 27.1 Å². The highest BCUT2D eigenvalue weighted by Crippen LogP contribution is 2.35. The summed E-state index contributed by atoms with van der Waals surface area (Å²) in [6.45, 7) is 0. The van der Waals surface area contributed by atoms with Crippen molar-refractivity contribution in [3.63, 3.8) is 0 Å². The van der Waals surface area contributed by atoms with E-state index in [1.54, 1.807) is 0 Å². The molecule has 6 heteroatoms. The smallest absolute Gasteiger partial charge is 0.115 e. The van der Waals surface area contributed by atoms with Crippen LogP contribution >= 0.6 is 0 Å². The van der Waals surface area contributed by atoms with E-state index in [1.807, 2.05) is 12.1 Å². The Bertz CT molecular complexity index is 1460. The van der Waals surface area contributed by atoms with Crippen LogP contribution in [0.1, 0.15) is 0 Å². The molecule has 0 saturated carbocycles. The summed E-state index contributed by atoms with van der Waals surface area (Å²) in [6, 6.07) is 27.2. The van der Waals surface area contributed by atoms with E-state index in [9.17, 15) is 0 Å². The molecule has 5 rings (SSSR count). The molecule has 5 aromatic rings. The molecule has 1 nitrogen and oxygen atoms in total. The van der Waals surface area contributed by atoms with Crippen molar-refractivity contribution >= 4 is 99.5 Å². The molecule has 138 valence electrons. The second-order valence-corrected chi connectivity index (χ2v) is 7.84. The second kappa shape index (κ2) is 8.02. The highest BCUT2D eigenvalue weighted by Gasteiger charge is 2.12. The average molecular weight is 394 g/mol. The van der Waals surface area contributed by atoms with Gasteiger partial charge in [-0.2, -0.15) is 0 Å². The Balaban J connectivity index is 1.57. The third-order valence-electron chi connectivity index (χ3n) is 5.93. The molecule has 0 spiro atoms. The highest BCUT2D eigenvalue weighted by molar-refractivity contribution is 6.68. The van der Waals surface area contributed by atoms with Gasteiger partial charge in [-0.3, -0.25) is 0 Å². The summed E-state index contributed by atoms with van der Waals surface area (Å²) in [7, 11) is 30.1. The maximum atomic E-state index is 6.13. The molecule has 0 atom stereocenters. The topological polar surface area (TPSA) is 12.0 Å². The predicted octanol–water partition coefficient (Wildman–Crippen LogP) is 1.37. The van der Waals surface area contributed by atoms with E-state index in [0.717, 1.165) is 11.3 Å². The molecule has 0 aliphatic rings. The minimum atomic E-state index is 0.198. The van der Waals surface area contributed by atoms with Gasteiger partial charge >= 0.3 is 0 Å². The van der Waals surface area contributed by atoms with Crippen LogP contribution in [0.15, 0.2) is 78.9 Å². The fraction of sp³-hybridized carbons (Fsp3) is 0. The van der Waals surface area contributed by atoms with E-state index in [0.29, 0.717) is 5.69 Å². The van der Waals surface area contributed by atoms with Gasteiger partial charge in [-0.15, -0.1) is 16.4 Å². The van der Waals surface area contributed by atoms with Crippen LogP contribution in [0.3, 0.4) is 0 Å². The first kappa shape index (κ1) is 20.6. The van der Waals surface area contributed by atoms with Crippen molar-refractivity contribution in [2.45, 2.75) is 0 Å². The number of anilines is 2. The van der Waals surface area contributed by atoms with Gasteiger partial charge in [0.25, 0.3) is 0 Å². The van der Waals surface area contributed by atoms with Crippen molar-refractivity contribution in [2.24, 2.45) is 0 Å². The van der Waals surface area contributed by atoms with Gasteiger partial charge in [0.05, 0.1) is 0 Å². The zero-order valence-corrected chi connectivity index (χ0v) is 17.4. The van der Waals surface area contributed by atoms with Crippen LogP contribution in [0, 0.1) is 0 Å². The van der Waals surface area contributed by atoms with Gasteiger partial charge in [0.15, 0.2) is 0 Å². The lowest BCUT2D eigenvalue weighted by molar-refractivity contribution is 1.59. The molecule has 0 fully saturated rings. The molecule has 0 unspecified atom stereocenters. The van der Waals surface area contributed by atoms with Crippen molar-refractivity contribution in [3.8, 4) is 11.1 Å². The summed E-state index contributed by atoms with van der Waals surface area (Å²) in [4.78, 5) is 0. The van der Waals surface area contributed by atoms with Gasteiger partial charge in [0.1, 0.15) is 39.2 Å². The molecule has 0 aromatic heterocycles. The van der Waals surface area contributed by atoms with Crippen LogP contribution in [0.5, 0.6) is 0 Å². The summed E-state index contributed by atoms with van der Waals surface area (Å²) in [5, 5.41) is 8.12. The molecule has 32 heavy (non-hydrogen) atoms. The van der Waals surface area contributed by atoms with Crippen LogP contribution in [0.2, 0.25) is 0 Å². The van der Waals surface area contributed by atoms with Crippen molar-refractivity contribution in [2.75, 3.05) is 5.32 Å². The predicted molar refractivity (Wildman–Crippen MR) is 144 cm³/mol. The number of fused-ring (bicyclic) bond motifs is 3. The molecule has 10 radical (unpaired) electrons. The van der Waals surface area contributed by atoms with E-state index >= 15 is 0 Å². The molecule has 1 N–H and O–H groups in total. The fourth-order valence-electron chi connectivity index (χ4n) is 4.15. The summed E-state index contributed by atoms with van der Waals surface area (Å²) >= 11 is 0. The average Bonchev–Trinajstić information content (AvgIpc) is 2.84. The largest absolute Gasteiger partial charge is 0.357 e. The number of benzene rings is 5. The number of hydrogen-bond donors (Lipinski definition) is 1. The first-order chi connectivity index (χ1) is 15.5. The first-order valence-electron chi connectivity index (χ1n) is 10.2. The van der Waals surface area contributed by atoms with Gasteiger partial charge in [-0.05, 0) is 50.9 Å². The lowest BCUT2D eigenvalue weighted by Gasteiger charge is -2.22. The van der Waals surface area contributed by atoms with Crippen LogP contribution < -0.4 is 32.6 Å². The van der Waals surface area contributed by atoms with Crippen molar-refractivity contribution < 1.29 is 0 Å². The van der Waals surface area contributed by atoms with Crippen LogP contribution in [-0.4, -0.2) is 39.2 Å². The summed E-state index contributed by atoms with van der Waals surface area (Å²) < 4.78 is 0. The third-order valence-corrected chi connectivity index (χ3v) is 5.93. The Labute approximate surface area is 194 Å². The Kier molecular flexibility index (Phi) is 5.17. The molecular weight excluding hydrogens is 380 g/mol. The maximum absolute atomic E-state index is 6.13. The van der Waals surface area contributed by atoms with E-state index in [4.69, 9.17) is 39.2 Å². The minimum Gasteiger partial charge on any atom is -0.357 e. The molecule has 0 bridgehead atoms. The lowest BCUT2D eigenvalue weighted by Crippen LogP contribution is -2.55. The van der Waals surface area contributed by atoms with Gasteiger partial charge in [-0.1, -0.05) is 71.6 Å². The SMILES string of the molecule is [B]c1c([B])c([B])c(Nc2ccc(-c3cc4ccccc4c4ccccc34)cc2)c([B])c1[B]. The summed E-state index contributed by atoms with van der Waals surface area (Å²) in [6.07, 6.45) is 0. The van der Waals surface area contributed by atoms with E-state index < -0.39 is 0 Å². The Morgan fingerprint density at radius 1 is 0.500 bits per heavy atom. The van der Waals surface area contributed by atoms with Crippen molar-refractivity contribution in [3.05, 3.63) is 78.9 Å². The molecule has 0 aliphatic carbocycles.